The molecule has 6 heteroatoms. The highest BCUT2D eigenvalue weighted by atomic mass is 35.5. The lowest BCUT2D eigenvalue weighted by Crippen LogP contribution is -2.39. The molecule has 0 radical (unpaired) electrons. The van der Waals surface area contributed by atoms with Crippen molar-refractivity contribution in [2.45, 2.75) is 38.1 Å². The van der Waals surface area contributed by atoms with Gasteiger partial charge < -0.3 is 10.2 Å². The molecule has 2 aromatic rings. The van der Waals surface area contributed by atoms with Gasteiger partial charge in [-0.05, 0) is 61.8 Å². The minimum atomic E-state index is 0. The molecule has 0 bridgehead atoms. The van der Waals surface area contributed by atoms with Crippen LogP contribution in [0.3, 0.4) is 0 Å². The van der Waals surface area contributed by atoms with Crippen molar-refractivity contribution in [3.05, 3.63) is 53.9 Å². The first-order chi connectivity index (χ1) is 12.8. The van der Waals surface area contributed by atoms with E-state index in [0.29, 0.717) is 11.8 Å². The smallest absolute Gasteiger partial charge is 0.254 e. The van der Waals surface area contributed by atoms with E-state index in [1.54, 1.807) is 0 Å². The second-order valence-corrected chi connectivity index (χ2v) is 7.57. The van der Waals surface area contributed by atoms with Gasteiger partial charge in [-0.2, -0.15) is 5.10 Å². The zero-order chi connectivity index (χ0) is 17.8. The van der Waals surface area contributed by atoms with Gasteiger partial charge in [-0.15, -0.1) is 12.4 Å². The number of piperidine rings is 1. The highest BCUT2D eigenvalue weighted by Gasteiger charge is 2.27. The molecule has 5 nitrogen and oxygen atoms in total. The molecule has 1 N–H and O–H groups in total. The predicted octanol–water partition coefficient (Wildman–Crippen LogP) is 3.32. The van der Waals surface area contributed by atoms with E-state index in [2.05, 4.69) is 27.4 Å². The van der Waals surface area contributed by atoms with E-state index in [1.807, 2.05) is 35.3 Å². The Balaban J connectivity index is 0.00000210. The quantitative estimate of drug-likeness (QED) is 0.854. The molecule has 1 atom stereocenters. The maximum absolute atomic E-state index is 13.1. The lowest BCUT2D eigenvalue weighted by atomic mass is 9.90. The highest BCUT2D eigenvalue weighted by Crippen LogP contribution is 2.28. The largest absolute Gasteiger partial charge is 0.339 e. The third kappa shape index (κ3) is 4.71. The Hall–Kier alpha value is -1.85. The SMILES string of the molecule is Cl.O=C(c1ccccc1C1CCNC1)N1CCC(CCn2cccn2)CC1. The van der Waals surface area contributed by atoms with Gasteiger partial charge in [0.15, 0.2) is 0 Å². The average Bonchev–Trinajstić information content (AvgIpc) is 3.40. The molecule has 146 valence electrons. The van der Waals surface area contributed by atoms with Crippen molar-refractivity contribution >= 4 is 18.3 Å². The second-order valence-electron chi connectivity index (χ2n) is 7.57. The molecule has 4 rings (SSSR count). The number of nitrogens with zero attached hydrogens (tertiary/aromatic N) is 3. The van der Waals surface area contributed by atoms with Gasteiger partial charge in [-0.3, -0.25) is 9.48 Å². The average molecular weight is 389 g/mol. The van der Waals surface area contributed by atoms with E-state index >= 15 is 0 Å². The summed E-state index contributed by atoms with van der Waals surface area (Å²) < 4.78 is 2.00. The fraction of sp³-hybridized carbons (Fsp3) is 0.524. The molecular weight excluding hydrogens is 360 g/mol. The third-order valence-corrected chi connectivity index (χ3v) is 5.92. The molecule has 2 aliphatic rings. The van der Waals surface area contributed by atoms with E-state index in [-0.39, 0.29) is 18.3 Å². The summed E-state index contributed by atoms with van der Waals surface area (Å²) in [6.45, 7) is 4.76. The van der Waals surface area contributed by atoms with Crippen LogP contribution in [0.25, 0.3) is 0 Å². The number of aryl methyl sites for hydroxylation is 1. The van der Waals surface area contributed by atoms with Crippen molar-refractivity contribution in [3.63, 3.8) is 0 Å². The number of hydrogen-bond donors (Lipinski definition) is 1. The molecular formula is C21H29ClN4O. The number of carbonyl (C=O) groups excluding carboxylic acids is 1. The van der Waals surface area contributed by atoms with Crippen LogP contribution in [0.4, 0.5) is 0 Å². The van der Waals surface area contributed by atoms with E-state index in [0.717, 1.165) is 64.0 Å². The summed E-state index contributed by atoms with van der Waals surface area (Å²) in [5, 5.41) is 7.69. The molecule has 3 heterocycles. The number of rotatable bonds is 5. The van der Waals surface area contributed by atoms with Gasteiger partial charge in [0.2, 0.25) is 0 Å². The normalized spacial score (nSPS) is 20.4. The van der Waals surface area contributed by atoms with Gasteiger partial charge in [0, 0.05) is 44.1 Å². The van der Waals surface area contributed by atoms with Crippen LogP contribution in [-0.4, -0.2) is 46.8 Å². The maximum atomic E-state index is 13.1. The highest BCUT2D eigenvalue weighted by molar-refractivity contribution is 5.96. The number of likely N-dealkylation sites (tertiary alicyclic amines) is 1. The number of amides is 1. The number of aromatic nitrogens is 2. The summed E-state index contributed by atoms with van der Waals surface area (Å²) in [5.41, 5.74) is 2.14. The summed E-state index contributed by atoms with van der Waals surface area (Å²) >= 11 is 0. The van der Waals surface area contributed by atoms with Gasteiger partial charge in [0.05, 0.1) is 0 Å². The molecule has 2 fully saturated rings. The molecule has 1 amide bonds. The molecule has 1 aromatic heterocycles. The van der Waals surface area contributed by atoms with Crippen molar-refractivity contribution in [2.75, 3.05) is 26.2 Å². The molecule has 0 aliphatic carbocycles. The van der Waals surface area contributed by atoms with Crippen LogP contribution >= 0.6 is 12.4 Å². The fourth-order valence-corrected chi connectivity index (χ4v) is 4.31. The first-order valence-corrected chi connectivity index (χ1v) is 9.87. The van der Waals surface area contributed by atoms with Crippen LogP contribution in [0.15, 0.2) is 42.7 Å². The maximum Gasteiger partial charge on any atom is 0.254 e. The Labute approximate surface area is 167 Å². The molecule has 2 saturated heterocycles. The van der Waals surface area contributed by atoms with Crippen LogP contribution in [0.5, 0.6) is 0 Å². The number of hydrogen-bond acceptors (Lipinski definition) is 3. The van der Waals surface area contributed by atoms with Crippen LogP contribution in [0, 0.1) is 5.92 Å². The molecule has 1 aromatic carbocycles. The minimum absolute atomic E-state index is 0. The van der Waals surface area contributed by atoms with Gasteiger partial charge in [-0.1, -0.05) is 18.2 Å². The van der Waals surface area contributed by atoms with Crippen LogP contribution < -0.4 is 5.32 Å². The van der Waals surface area contributed by atoms with E-state index < -0.39 is 0 Å². The fourth-order valence-electron chi connectivity index (χ4n) is 4.31. The van der Waals surface area contributed by atoms with Crippen molar-refractivity contribution in [1.29, 1.82) is 0 Å². The monoisotopic (exact) mass is 388 g/mol. The molecule has 0 saturated carbocycles. The van der Waals surface area contributed by atoms with Crippen LogP contribution in [0.2, 0.25) is 0 Å². The first kappa shape index (κ1) is 19.9. The topological polar surface area (TPSA) is 50.2 Å². The Morgan fingerprint density at radius 3 is 2.67 bits per heavy atom. The van der Waals surface area contributed by atoms with Gasteiger partial charge in [-0.25, -0.2) is 0 Å². The number of benzene rings is 1. The van der Waals surface area contributed by atoms with Crippen molar-refractivity contribution in [1.82, 2.24) is 20.0 Å². The van der Waals surface area contributed by atoms with E-state index in [1.165, 1.54) is 5.56 Å². The molecule has 2 aliphatic heterocycles. The Morgan fingerprint density at radius 1 is 1.15 bits per heavy atom. The number of halogens is 1. The molecule has 0 spiro atoms. The zero-order valence-corrected chi connectivity index (χ0v) is 16.5. The van der Waals surface area contributed by atoms with Crippen molar-refractivity contribution in [3.8, 4) is 0 Å². The van der Waals surface area contributed by atoms with Crippen molar-refractivity contribution < 1.29 is 4.79 Å². The first-order valence-electron chi connectivity index (χ1n) is 9.87. The standard InChI is InChI=1S/C21H28N4O.ClH/c26-21(20-5-2-1-4-19(20)18-6-11-22-16-18)24-13-7-17(8-14-24)9-15-25-12-3-10-23-25;/h1-5,10,12,17-18,22H,6-9,11,13-16H2;1H. The Bertz CT molecular complexity index is 720. The molecule has 27 heavy (non-hydrogen) atoms. The lowest BCUT2D eigenvalue weighted by molar-refractivity contribution is 0.0683. The molecule has 1 unspecified atom stereocenters. The lowest BCUT2D eigenvalue weighted by Gasteiger charge is -2.33. The van der Waals surface area contributed by atoms with Gasteiger partial charge in [0.25, 0.3) is 5.91 Å². The van der Waals surface area contributed by atoms with Crippen molar-refractivity contribution in [2.24, 2.45) is 5.92 Å². The van der Waals surface area contributed by atoms with Crippen LogP contribution in [-0.2, 0) is 6.54 Å². The summed E-state index contributed by atoms with van der Waals surface area (Å²) in [4.78, 5) is 15.2. The van der Waals surface area contributed by atoms with E-state index in [4.69, 9.17) is 0 Å². The minimum Gasteiger partial charge on any atom is -0.339 e. The van der Waals surface area contributed by atoms with Gasteiger partial charge in [0.1, 0.15) is 0 Å². The van der Waals surface area contributed by atoms with Gasteiger partial charge >= 0.3 is 0 Å². The summed E-state index contributed by atoms with van der Waals surface area (Å²) in [5.74, 6) is 1.39. The van der Waals surface area contributed by atoms with E-state index in [9.17, 15) is 4.79 Å². The summed E-state index contributed by atoms with van der Waals surface area (Å²) in [7, 11) is 0. The summed E-state index contributed by atoms with van der Waals surface area (Å²) in [6.07, 6.45) is 8.32. The number of nitrogens with one attached hydrogen (secondary N) is 1. The number of carbonyl (C=O) groups is 1. The third-order valence-electron chi connectivity index (χ3n) is 5.92. The predicted molar refractivity (Wildman–Crippen MR) is 109 cm³/mol. The summed E-state index contributed by atoms with van der Waals surface area (Å²) in [6, 6.07) is 10.2. The van der Waals surface area contributed by atoms with Crippen LogP contribution in [0.1, 0.15) is 47.5 Å². The second kappa shape index (κ2) is 9.38. The Kier molecular flexibility index (Phi) is 6.91. The Morgan fingerprint density at radius 2 is 1.96 bits per heavy atom. The zero-order valence-electron chi connectivity index (χ0n) is 15.7.